The Balaban J connectivity index is 3.90. The van der Waals surface area contributed by atoms with Crippen molar-refractivity contribution >= 4 is 11.8 Å². The molecule has 0 fully saturated rings. The highest BCUT2D eigenvalue weighted by Crippen LogP contribution is 2.12. The number of unbranched alkanes of at least 4 members (excludes halogenated alkanes) is 11. The summed E-state index contributed by atoms with van der Waals surface area (Å²) >= 11 is 0. The van der Waals surface area contributed by atoms with Gasteiger partial charge in [0.2, 0.25) is 11.8 Å². The lowest BCUT2D eigenvalue weighted by Crippen LogP contribution is -2.45. The molecule has 0 aromatic rings. The second-order valence-corrected chi connectivity index (χ2v) is 10.8. The van der Waals surface area contributed by atoms with E-state index < -0.39 is 12.1 Å². The molecule has 0 saturated carbocycles. The minimum Gasteiger partial charge on any atom is -0.444 e. The highest BCUT2D eigenvalue weighted by molar-refractivity contribution is 5.76. The second-order valence-electron chi connectivity index (χ2n) is 10.8. The number of rotatable bonds is 32. The summed E-state index contributed by atoms with van der Waals surface area (Å²) in [5, 5.41) is 16.1. The second kappa shape index (κ2) is 33.7. The lowest BCUT2D eigenvalue weighted by atomic mass is 10.0. The Hall–Kier alpha value is -2.16. The summed E-state index contributed by atoms with van der Waals surface area (Å²) in [7, 11) is 0. The van der Waals surface area contributed by atoms with Gasteiger partial charge in [0.25, 0.3) is 0 Å². The third-order valence-corrected chi connectivity index (χ3v) is 6.71. The molecule has 0 aliphatic heterocycles. The van der Waals surface area contributed by atoms with E-state index in [4.69, 9.17) is 23.7 Å². The van der Waals surface area contributed by atoms with Crippen LogP contribution < -0.4 is 10.6 Å². The van der Waals surface area contributed by atoms with Gasteiger partial charge < -0.3 is 39.4 Å². The largest absolute Gasteiger partial charge is 0.444 e. The zero-order valence-corrected chi connectivity index (χ0v) is 27.9. The first-order valence-corrected chi connectivity index (χ1v) is 16.7. The van der Waals surface area contributed by atoms with Crippen LogP contribution in [-0.4, -0.2) is 95.1 Å². The number of allylic oxidation sites excluding steroid dienone is 1. The van der Waals surface area contributed by atoms with Crippen LogP contribution >= 0.6 is 0 Å². The molecule has 0 rings (SSSR count). The van der Waals surface area contributed by atoms with Gasteiger partial charge in [0, 0.05) is 26.8 Å². The molecule has 0 radical (unpaired) electrons. The van der Waals surface area contributed by atoms with E-state index in [-0.39, 0.29) is 31.4 Å². The number of carbonyl (C=O) groups excluding carboxylic acids is 2. The van der Waals surface area contributed by atoms with Crippen LogP contribution in [0.3, 0.4) is 0 Å². The van der Waals surface area contributed by atoms with Gasteiger partial charge in [-0.1, -0.05) is 89.2 Å². The number of aliphatic hydroxyl groups excluding tert-OH is 1. The van der Waals surface area contributed by atoms with Gasteiger partial charge in [-0.05, 0) is 12.8 Å². The fourth-order valence-electron chi connectivity index (χ4n) is 4.23. The molecule has 44 heavy (non-hydrogen) atoms. The standard InChI is InChI=1S/C34H62N2O8/c1-4-6-7-8-9-10-11-12-13-14-15-16-17-18-33(38)32(30-44-21-5-2)36-34(39)19-22-40-24-26-42-28-29-43-27-25-41-23-20-35-31(3)37/h17-18,32-33,38H,4,6-16,19-20,22-30H2,1-3H3,(H,35,37)(H,36,39)/t32-,33+/m0/s1. The molecule has 0 saturated heterocycles. The van der Waals surface area contributed by atoms with Crippen molar-refractivity contribution in [2.45, 2.75) is 116 Å². The van der Waals surface area contributed by atoms with Gasteiger partial charge in [-0.2, -0.15) is 0 Å². The Morgan fingerprint density at radius 1 is 0.773 bits per heavy atom. The van der Waals surface area contributed by atoms with Gasteiger partial charge in [-0.25, -0.2) is 0 Å². The monoisotopic (exact) mass is 626 g/mol. The minimum atomic E-state index is -0.864. The zero-order valence-electron chi connectivity index (χ0n) is 27.9. The summed E-state index contributed by atoms with van der Waals surface area (Å²) in [4.78, 5) is 23.2. The molecule has 2 atom stereocenters. The minimum absolute atomic E-state index is 0.0745. The Morgan fingerprint density at radius 3 is 1.84 bits per heavy atom. The highest BCUT2D eigenvalue weighted by atomic mass is 16.6. The highest BCUT2D eigenvalue weighted by Gasteiger charge is 2.20. The maximum atomic E-state index is 12.4. The summed E-state index contributed by atoms with van der Waals surface area (Å²) < 4.78 is 26.9. The van der Waals surface area contributed by atoms with Crippen molar-refractivity contribution in [3.63, 3.8) is 0 Å². The predicted octanol–water partition coefficient (Wildman–Crippen LogP) is 4.68. The summed E-state index contributed by atoms with van der Waals surface area (Å²) in [5.41, 5.74) is 0. The Morgan fingerprint density at radius 2 is 1.30 bits per heavy atom. The molecule has 0 heterocycles. The number of aliphatic hydroxyl groups is 1. The number of nitrogens with one attached hydrogen (secondary N) is 2. The van der Waals surface area contributed by atoms with Crippen molar-refractivity contribution in [3.05, 3.63) is 12.2 Å². The van der Waals surface area contributed by atoms with E-state index >= 15 is 0 Å². The van der Waals surface area contributed by atoms with Crippen LogP contribution in [0.4, 0.5) is 0 Å². The fourth-order valence-corrected chi connectivity index (χ4v) is 4.23. The van der Waals surface area contributed by atoms with Crippen molar-refractivity contribution in [2.24, 2.45) is 0 Å². The van der Waals surface area contributed by atoms with Crippen LogP contribution in [0.2, 0.25) is 0 Å². The van der Waals surface area contributed by atoms with Crippen molar-refractivity contribution < 1.29 is 38.4 Å². The molecule has 0 aromatic carbocycles. The average molecular weight is 627 g/mol. The van der Waals surface area contributed by atoms with Gasteiger partial charge in [0.15, 0.2) is 0 Å². The van der Waals surface area contributed by atoms with Gasteiger partial charge >= 0.3 is 0 Å². The first kappa shape index (κ1) is 41.8. The molecule has 10 heteroatoms. The van der Waals surface area contributed by atoms with Gasteiger partial charge in [-0.15, -0.1) is 0 Å². The van der Waals surface area contributed by atoms with Crippen LogP contribution in [0.25, 0.3) is 0 Å². The van der Waals surface area contributed by atoms with E-state index in [2.05, 4.69) is 29.6 Å². The summed E-state index contributed by atoms with van der Waals surface area (Å²) in [6.07, 6.45) is 20.8. The number of hydrogen-bond donors (Lipinski definition) is 3. The summed E-state index contributed by atoms with van der Waals surface area (Å²) in [6, 6.07) is -0.595. The van der Waals surface area contributed by atoms with Gasteiger partial charge in [0.1, 0.15) is 12.7 Å². The quantitative estimate of drug-likeness (QED) is 0.0559. The van der Waals surface area contributed by atoms with Crippen LogP contribution in [0.1, 0.15) is 104 Å². The number of carbonyl (C=O) groups is 2. The number of hydrogen-bond acceptors (Lipinski definition) is 8. The van der Waals surface area contributed by atoms with Crippen molar-refractivity contribution in [1.82, 2.24) is 10.6 Å². The molecule has 3 N–H and O–H groups in total. The van der Waals surface area contributed by atoms with E-state index in [1.165, 1.54) is 71.1 Å². The molecule has 0 unspecified atom stereocenters. The van der Waals surface area contributed by atoms with Crippen LogP contribution in [0.15, 0.2) is 12.2 Å². The third-order valence-electron chi connectivity index (χ3n) is 6.71. The van der Waals surface area contributed by atoms with E-state index in [1.807, 2.05) is 6.08 Å². The van der Waals surface area contributed by atoms with Gasteiger partial charge in [-0.3, -0.25) is 9.59 Å². The predicted molar refractivity (Wildman–Crippen MR) is 174 cm³/mol. The van der Waals surface area contributed by atoms with Crippen LogP contribution in [0, 0.1) is 12.0 Å². The summed E-state index contributed by atoms with van der Waals surface area (Å²) in [5.74, 6) is 2.35. The maximum Gasteiger partial charge on any atom is 0.222 e. The van der Waals surface area contributed by atoms with Crippen molar-refractivity contribution in [3.8, 4) is 12.0 Å². The Kier molecular flexibility index (Phi) is 32.1. The average Bonchev–Trinajstić information content (AvgIpc) is 3.00. The number of amides is 2. The lowest BCUT2D eigenvalue weighted by molar-refractivity contribution is -0.124. The molecule has 2 amide bonds. The SMILES string of the molecule is CC#COC[C@H](NC(=O)CCOCCOCCOCCOCCNC(C)=O)[C@H](O)C=CCCCCCCCCCCCCC. The third kappa shape index (κ3) is 31.3. The van der Waals surface area contributed by atoms with Crippen LogP contribution in [0.5, 0.6) is 0 Å². The van der Waals surface area contributed by atoms with Crippen LogP contribution in [-0.2, 0) is 33.3 Å². The Labute approximate surface area is 267 Å². The normalized spacial score (nSPS) is 12.5. The van der Waals surface area contributed by atoms with Gasteiger partial charge in [0.05, 0.1) is 65.0 Å². The fraction of sp³-hybridized carbons (Fsp3) is 0.824. The topological polar surface area (TPSA) is 125 Å². The molecule has 256 valence electrons. The zero-order chi connectivity index (χ0) is 32.4. The van der Waals surface area contributed by atoms with E-state index in [1.54, 1.807) is 13.0 Å². The molecule has 0 bridgehead atoms. The summed E-state index contributed by atoms with van der Waals surface area (Å²) in [6.45, 7) is 9.21. The van der Waals surface area contributed by atoms with Crippen molar-refractivity contribution in [2.75, 3.05) is 66.0 Å². The molecule has 0 spiro atoms. The Bertz CT molecular complexity index is 753. The van der Waals surface area contributed by atoms with E-state index in [0.29, 0.717) is 52.8 Å². The molecule has 10 nitrogen and oxygen atoms in total. The molecule has 0 aliphatic rings. The smallest absolute Gasteiger partial charge is 0.222 e. The molecular formula is C34H62N2O8. The molecule has 0 aliphatic carbocycles. The first-order valence-electron chi connectivity index (χ1n) is 16.7. The van der Waals surface area contributed by atoms with Crippen molar-refractivity contribution in [1.29, 1.82) is 0 Å². The van der Waals surface area contributed by atoms with E-state index in [0.717, 1.165) is 12.8 Å². The maximum absolute atomic E-state index is 12.4. The lowest BCUT2D eigenvalue weighted by Gasteiger charge is -2.21. The first-order chi connectivity index (χ1) is 21.5. The molecule has 0 aromatic heterocycles. The van der Waals surface area contributed by atoms with E-state index in [9.17, 15) is 14.7 Å². The molecular weight excluding hydrogens is 564 g/mol. The number of ether oxygens (including phenoxy) is 5.